The first-order chi connectivity index (χ1) is 8.58. The fourth-order valence-corrected chi connectivity index (χ4v) is 2.94. The van der Waals surface area contributed by atoms with Crippen LogP contribution in [0.4, 0.5) is 0 Å². The second-order valence-corrected chi connectivity index (χ2v) is 6.13. The van der Waals surface area contributed by atoms with Crippen LogP contribution in [0.3, 0.4) is 0 Å². The predicted octanol–water partition coefficient (Wildman–Crippen LogP) is 4.30. The number of alkyl halides is 1. The molecule has 1 aromatic rings. The van der Waals surface area contributed by atoms with Crippen LogP contribution < -0.4 is 5.32 Å². The molecule has 1 rings (SSSR count). The highest BCUT2D eigenvalue weighted by Crippen LogP contribution is 2.16. The van der Waals surface area contributed by atoms with Gasteiger partial charge in [0.1, 0.15) is 0 Å². The highest BCUT2D eigenvalue weighted by molar-refractivity contribution is 9.10. The average Bonchev–Trinajstić information content (AvgIpc) is 2.34. The van der Waals surface area contributed by atoms with Gasteiger partial charge in [-0.25, -0.2) is 0 Å². The predicted molar refractivity (Wildman–Crippen MR) is 83.4 cm³/mol. The topological polar surface area (TPSA) is 29.1 Å². The number of rotatable bonds is 6. The number of nitrogens with one attached hydrogen (secondary N) is 1. The molecule has 0 aliphatic heterocycles. The first-order valence-electron chi connectivity index (χ1n) is 6.18. The molecule has 100 valence electrons. The normalized spacial score (nSPS) is 12.2. The fraction of sp³-hybridized carbons (Fsp3) is 0.500. The van der Waals surface area contributed by atoms with Crippen molar-refractivity contribution < 1.29 is 4.79 Å². The number of aryl methyl sites for hydroxylation is 1. The summed E-state index contributed by atoms with van der Waals surface area (Å²) in [4.78, 5) is 12.1. The van der Waals surface area contributed by atoms with E-state index in [9.17, 15) is 4.79 Å². The molecule has 4 heteroatoms. The Morgan fingerprint density at radius 2 is 2.17 bits per heavy atom. The highest BCUT2D eigenvalue weighted by Gasteiger charge is 2.11. The molecular formula is C14H19Br2NO. The van der Waals surface area contributed by atoms with Crippen LogP contribution in [0.1, 0.15) is 35.7 Å². The van der Waals surface area contributed by atoms with E-state index in [1.54, 1.807) is 0 Å². The maximum atomic E-state index is 12.1. The van der Waals surface area contributed by atoms with Gasteiger partial charge < -0.3 is 5.32 Å². The van der Waals surface area contributed by atoms with Crippen LogP contribution in [0.15, 0.2) is 22.7 Å². The summed E-state index contributed by atoms with van der Waals surface area (Å²) in [5.74, 6) is 0.567. The summed E-state index contributed by atoms with van der Waals surface area (Å²) in [6.45, 7) is 4.86. The standard InChI is InChI=1S/C14H19Br2NO/c1-3-11(6-7-15)9-17-14(18)13-5-4-12(16)8-10(13)2/h4-5,8,11H,3,6-7,9H2,1-2H3,(H,17,18). The Kier molecular flexibility index (Phi) is 6.94. The monoisotopic (exact) mass is 375 g/mol. The van der Waals surface area contributed by atoms with Crippen molar-refractivity contribution in [1.82, 2.24) is 5.32 Å². The van der Waals surface area contributed by atoms with Gasteiger partial charge in [0.25, 0.3) is 5.91 Å². The second-order valence-electron chi connectivity index (χ2n) is 4.42. The molecule has 0 aromatic heterocycles. The molecule has 0 aliphatic carbocycles. The number of hydrogen-bond acceptors (Lipinski definition) is 1. The van der Waals surface area contributed by atoms with Gasteiger partial charge in [-0.1, -0.05) is 45.2 Å². The van der Waals surface area contributed by atoms with Crippen molar-refractivity contribution in [3.63, 3.8) is 0 Å². The molecule has 1 atom stereocenters. The molecule has 0 saturated carbocycles. The number of carbonyl (C=O) groups excluding carboxylic acids is 1. The zero-order chi connectivity index (χ0) is 13.5. The third-order valence-electron chi connectivity index (χ3n) is 3.08. The molecule has 0 saturated heterocycles. The summed E-state index contributed by atoms with van der Waals surface area (Å²) in [7, 11) is 0. The van der Waals surface area contributed by atoms with Crippen molar-refractivity contribution >= 4 is 37.8 Å². The lowest BCUT2D eigenvalue weighted by Gasteiger charge is -2.15. The summed E-state index contributed by atoms with van der Waals surface area (Å²) < 4.78 is 1.00. The summed E-state index contributed by atoms with van der Waals surface area (Å²) in [5.41, 5.74) is 1.75. The minimum atomic E-state index is 0.0213. The van der Waals surface area contributed by atoms with E-state index in [0.29, 0.717) is 5.92 Å². The van der Waals surface area contributed by atoms with Crippen molar-refractivity contribution in [1.29, 1.82) is 0 Å². The molecule has 0 aliphatic rings. The van der Waals surface area contributed by atoms with Crippen molar-refractivity contribution in [2.45, 2.75) is 26.7 Å². The molecule has 1 amide bonds. The second kappa shape index (κ2) is 7.95. The summed E-state index contributed by atoms with van der Waals surface area (Å²) in [6.07, 6.45) is 2.18. The largest absolute Gasteiger partial charge is 0.352 e. The van der Waals surface area contributed by atoms with E-state index in [1.165, 1.54) is 0 Å². The van der Waals surface area contributed by atoms with Gasteiger partial charge in [-0.2, -0.15) is 0 Å². The van der Waals surface area contributed by atoms with Crippen LogP contribution >= 0.6 is 31.9 Å². The smallest absolute Gasteiger partial charge is 0.251 e. The van der Waals surface area contributed by atoms with E-state index >= 15 is 0 Å². The van der Waals surface area contributed by atoms with E-state index in [-0.39, 0.29) is 5.91 Å². The van der Waals surface area contributed by atoms with Gasteiger partial charge in [0, 0.05) is 21.9 Å². The summed E-state index contributed by atoms with van der Waals surface area (Å²) in [6, 6.07) is 5.72. The first-order valence-corrected chi connectivity index (χ1v) is 8.10. The minimum absolute atomic E-state index is 0.0213. The van der Waals surface area contributed by atoms with Crippen molar-refractivity contribution in [3.8, 4) is 0 Å². The van der Waals surface area contributed by atoms with Gasteiger partial charge in [-0.15, -0.1) is 0 Å². The SMILES string of the molecule is CCC(CCBr)CNC(=O)c1ccc(Br)cc1C. The van der Waals surface area contributed by atoms with Crippen LogP contribution in [0, 0.1) is 12.8 Å². The number of halogens is 2. The lowest BCUT2D eigenvalue weighted by Crippen LogP contribution is -2.29. The zero-order valence-corrected chi connectivity index (χ0v) is 14.0. The van der Waals surface area contributed by atoms with E-state index in [0.717, 1.165) is 40.3 Å². The fourth-order valence-electron chi connectivity index (χ4n) is 1.82. The molecule has 0 spiro atoms. The summed E-state index contributed by atoms with van der Waals surface area (Å²) >= 11 is 6.85. The molecule has 0 bridgehead atoms. The molecule has 1 unspecified atom stereocenters. The molecule has 0 radical (unpaired) electrons. The lowest BCUT2D eigenvalue weighted by molar-refractivity contribution is 0.0946. The van der Waals surface area contributed by atoms with Crippen LogP contribution in [0.2, 0.25) is 0 Å². The molecule has 1 N–H and O–H groups in total. The maximum Gasteiger partial charge on any atom is 0.251 e. The van der Waals surface area contributed by atoms with Gasteiger partial charge in [0.05, 0.1) is 0 Å². The molecular weight excluding hydrogens is 358 g/mol. The number of amides is 1. The Morgan fingerprint density at radius 1 is 1.44 bits per heavy atom. The van der Waals surface area contributed by atoms with Crippen LogP contribution in [-0.2, 0) is 0 Å². The quantitative estimate of drug-likeness (QED) is 0.737. The van der Waals surface area contributed by atoms with Gasteiger partial charge in [-0.05, 0) is 43.0 Å². The Hall–Kier alpha value is -0.350. The Balaban J connectivity index is 2.59. The average molecular weight is 377 g/mol. The van der Waals surface area contributed by atoms with Gasteiger partial charge >= 0.3 is 0 Å². The number of benzene rings is 1. The van der Waals surface area contributed by atoms with Crippen molar-refractivity contribution in [2.24, 2.45) is 5.92 Å². The van der Waals surface area contributed by atoms with Gasteiger partial charge in [0.2, 0.25) is 0 Å². The minimum Gasteiger partial charge on any atom is -0.352 e. The van der Waals surface area contributed by atoms with E-state index < -0.39 is 0 Å². The molecule has 1 aromatic carbocycles. The molecule has 18 heavy (non-hydrogen) atoms. The van der Waals surface area contributed by atoms with Crippen LogP contribution in [0.5, 0.6) is 0 Å². The van der Waals surface area contributed by atoms with Crippen molar-refractivity contribution in [2.75, 3.05) is 11.9 Å². The Bertz CT molecular complexity index is 407. The third-order valence-corrected chi connectivity index (χ3v) is 4.03. The lowest BCUT2D eigenvalue weighted by atomic mass is 10.0. The maximum absolute atomic E-state index is 12.1. The van der Waals surface area contributed by atoms with Gasteiger partial charge in [-0.3, -0.25) is 4.79 Å². The molecule has 2 nitrogen and oxygen atoms in total. The number of hydrogen-bond donors (Lipinski definition) is 1. The van der Waals surface area contributed by atoms with E-state index in [4.69, 9.17) is 0 Å². The summed E-state index contributed by atoms with van der Waals surface area (Å²) in [5, 5.41) is 4.00. The van der Waals surface area contributed by atoms with Crippen LogP contribution in [0.25, 0.3) is 0 Å². The third kappa shape index (κ3) is 4.73. The van der Waals surface area contributed by atoms with Crippen LogP contribution in [-0.4, -0.2) is 17.8 Å². The van der Waals surface area contributed by atoms with E-state index in [2.05, 4.69) is 44.1 Å². The van der Waals surface area contributed by atoms with Crippen molar-refractivity contribution in [3.05, 3.63) is 33.8 Å². The molecule has 0 fully saturated rings. The van der Waals surface area contributed by atoms with E-state index in [1.807, 2.05) is 25.1 Å². The first kappa shape index (κ1) is 15.7. The van der Waals surface area contributed by atoms with Gasteiger partial charge in [0.15, 0.2) is 0 Å². The Morgan fingerprint density at radius 3 is 2.72 bits per heavy atom. The number of carbonyl (C=O) groups is 1. The zero-order valence-electron chi connectivity index (χ0n) is 10.8. The molecule has 0 heterocycles. The highest BCUT2D eigenvalue weighted by atomic mass is 79.9. The Labute approximate surface area is 126 Å².